The van der Waals surface area contributed by atoms with Gasteiger partial charge in [-0.05, 0) is 76.5 Å². The lowest BCUT2D eigenvalue weighted by molar-refractivity contribution is -0.113. The normalized spacial score (nSPS) is 10.8. The van der Waals surface area contributed by atoms with E-state index >= 15 is 0 Å². The molecule has 0 aliphatic carbocycles. The molecule has 0 aliphatic heterocycles. The van der Waals surface area contributed by atoms with Crippen LogP contribution in [0.1, 0.15) is 16.7 Å². The van der Waals surface area contributed by atoms with E-state index < -0.39 is 0 Å². The fraction of sp³-hybridized carbons (Fsp3) is 0.222. The zero-order valence-electron chi connectivity index (χ0n) is 14.7. The van der Waals surface area contributed by atoms with Crippen molar-refractivity contribution in [3.63, 3.8) is 0 Å². The first kappa shape index (κ1) is 18.6. The van der Waals surface area contributed by atoms with Crippen molar-refractivity contribution < 1.29 is 4.79 Å². The Balaban J connectivity index is 1.69. The van der Waals surface area contributed by atoms with E-state index in [1.165, 1.54) is 17.3 Å². The number of tetrazole rings is 1. The first-order chi connectivity index (χ1) is 12.4. The van der Waals surface area contributed by atoms with Crippen molar-refractivity contribution >= 4 is 39.3 Å². The number of hydrogen-bond acceptors (Lipinski definition) is 5. The molecule has 3 aromatic rings. The van der Waals surface area contributed by atoms with Gasteiger partial charge < -0.3 is 5.32 Å². The molecule has 0 unspecified atom stereocenters. The lowest BCUT2D eigenvalue weighted by atomic mass is 10.1. The van der Waals surface area contributed by atoms with Crippen LogP contribution in [0.2, 0.25) is 0 Å². The van der Waals surface area contributed by atoms with Crippen molar-refractivity contribution in [2.75, 3.05) is 11.1 Å². The minimum absolute atomic E-state index is 0.116. The lowest BCUT2D eigenvalue weighted by Crippen LogP contribution is -2.15. The smallest absolute Gasteiger partial charge is 0.234 e. The number of benzene rings is 2. The van der Waals surface area contributed by atoms with Gasteiger partial charge in [-0.1, -0.05) is 35.5 Å². The summed E-state index contributed by atoms with van der Waals surface area (Å²) in [6, 6.07) is 11.9. The first-order valence-electron chi connectivity index (χ1n) is 7.99. The van der Waals surface area contributed by atoms with Crippen molar-refractivity contribution in [2.45, 2.75) is 25.9 Å². The predicted octanol–water partition coefficient (Wildman–Crippen LogP) is 4.08. The summed E-state index contributed by atoms with van der Waals surface area (Å²) in [5.74, 6) is 0.0979. The fourth-order valence-corrected chi connectivity index (χ4v) is 3.78. The molecule has 1 heterocycles. The fourth-order valence-electron chi connectivity index (χ4n) is 2.50. The first-order valence-corrected chi connectivity index (χ1v) is 9.76. The lowest BCUT2D eigenvalue weighted by Gasteiger charge is -2.09. The number of rotatable bonds is 5. The summed E-state index contributed by atoms with van der Waals surface area (Å²) in [7, 11) is 0. The Labute approximate surface area is 164 Å². The second-order valence-electron chi connectivity index (χ2n) is 5.98. The molecule has 6 nitrogen and oxygen atoms in total. The van der Waals surface area contributed by atoms with E-state index in [0.29, 0.717) is 5.16 Å². The summed E-state index contributed by atoms with van der Waals surface area (Å²) in [5, 5.41) is 15.3. The van der Waals surface area contributed by atoms with E-state index in [4.69, 9.17) is 0 Å². The topological polar surface area (TPSA) is 72.7 Å². The van der Waals surface area contributed by atoms with E-state index in [1.807, 2.05) is 51.1 Å². The summed E-state index contributed by atoms with van der Waals surface area (Å²) in [6.45, 7) is 6.05. The highest BCUT2D eigenvalue weighted by Gasteiger charge is 2.14. The molecule has 0 radical (unpaired) electrons. The van der Waals surface area contributed by atoms with Crippen LogP contribution in [0.3, 0.4) is 0 Å². The quantitative estimate of drug-likeness (QED) is 0.616. The van der Waals surface area contributed by atoms with Gasteiger partial charge in [-0.25, -0.2) is 0 Å². The van der Waals surface area contributed by atoms with E-state index in [0.717, 1.165) is 27.0 Å². The highest BCUT2D eigenvalue weighted by atomic mass is 79.9. The average Bonchev–Trinajstić information content (AvgIpc) is 3.04. The molecule has 1 aromatic heterocycles. The Morgan fingerprint density at radius 2 is 1.88 bits per heavy atom. The van der Waals surface area contributed by atoms with E-state index in [1.54, 1.807) is 4.68 Å². The largest absolute Gasteiger partial charge is 0.324 e. The van der Waals surface area contributed by atoms with Gasteiger partial charge in [-0.15, -0.1) is 5.10 Å². The minimum Gasteiger partial charge on any atom is -0.324 e. The number of carbonyl (C=O) groups is 1. The molecule has 0 aliphatic rings. The zero-order chi connectivity index (χ0) is 18.7. The van der Waals surface area contributed by atoms with Crippen molar-refractivity contribution in [2.24, 2.45) is 0 Å². The van der Waals surface area contributed by atoms with Crippen LogP contribution in [-0.4, -0.2) is 31.9 Å². The second-order valence-corrected chi connectivity index (χ2v) is 7.78. The molecule has 8 heteroatoms. The van der Waals surface area contributed by atoms with Gasteiger partial charge in [-0.2, -0.15) is 4.68 Å². The van der Waals surface area contributed by atoms with Crippen molar-refractivity contribution in [1.29, 1.82) is 0 Å². The van der Waals surface area contributed by atoms with Crippen molar-refractivity contribution in [1.82, 2.24) is 20.2 Å². The van der Waals surface area contributed by atoms with E-state index in [9.17, 15) is 4.79 Å². The maximum Gasteiger partial charge on any atom is 0.234 e. The van der Waals surface area contributed by atoms with Crippen LogP contribution >= 0.6 is 27.7 Å². The molecule has 26 heavy (non-hydrogen) atoms. The summed E-state index contributed by atoms with van der Waals surface area (Å²) < 4.78 is 2.52. The molecule has 0 spiro atoms. The van der Waals surface area contributed by atoms with Crippen LogP contribution in [0.4, 0.5) is 5.69 Å². The van der Waals surface area contributed by atoms with E-state index in [2.05, 4.69) is 42.8 Å². The summed E-state index contributed by atoms with van der Waals surface area (Å²) in [4.78, 5) is 12.3. The van der Waals surface area contributed by atoms with Gasteiger partial charge in [0.05, 0.1) is 17.1 Å². The Bertz CT molecular complexity index is 957. The third-order valence-corrected chi connectivity index (χ3v) is 5.33. The number of aromatic nitrogens is 4. The molecule has 1 amide bonds. The Morgan fingerprint density at radius 3 is 2.62 bits per heavy atom. The number of amides is 1. The van der Waals surface area contributed by atoms with Gasteiger partial charge in [-0.3, -0.25) is 4.79 Å². The molecule has 2 aromatic carbocycles. The average molecular weight is 432 g/mol. The van der Waals surface area contributed by atoms with Crippen LogP contribution in [-0.2, 0) is 4.79 Å². The van der Waals surface area contributed by atoms with Gasteiger partial charge in [0, 0.05) is 4.47 Å². The number of thioether (sulfide) groups is 1. The second kappa shape index (κ2) is 8.01. The number of nitrogens with zero attached hydrogens (tertiary/aromatic N) is 4. The molecular weight excluding hydrogens is 414 g/mol. The van der Waals surface area contributed by atoms with Gasteiger partial charge in [0.15, 0.2) is 0 Å². The van der Waals surface area contributed by atoms with Crippen LogP contribution in [0.5, 0.6) is 0 Å². The maximum atomic E-state index is 12.3. The molecule has 0 saturated carbocycles. The highest BCUT2D eigenvalue weighted by Crippen LogP contribution is 2.25. The molecular formula is C18H18BrN5OS. The molecule has 0 bridgehead atoms. The molecule has 0 saturated heterocycles. The standard InChI is InChI=1S/C18H18BrN5OS/c1-11-5-7-16(13(3)8-11)24-18(21-22-23-24)26-10-17(25)20-15-6-4-12(2)9-14(15)19/h4-9H,10H2,1-3H3,(H,20,25). The molecule has 0 fully saturated rings. The molecule has 134 valence electrons. The third-order valence-electron chi connectivity index (χ3n) is 3.75. The number of anilines is 1. The minimum atomic E-state index is -0.116. The predicted molar refractivity (Wildman–Crippen MR) is 107 cm³/mol. The van der Waals surface area contributed by atoms with Crippen LogP contribution < -0.4 is 5.32 Å². The zero-order valence-corrected chi connectivity index (χ0v) is 17.1. The third kappa shape index (κ3) is 4.31. The summed E-state index contributed by atoms with van der Waals surface area (Å²) in [5.41, 5.74) is 5.03. The Hall–Kier alpha value is -2.19. The van der Waals surface area contributed by atoms with Crippen LogP contribution in [0.25, 0.3) is 5.69 Å². The number of aryl methyl sites for hydroxylation is 3. The number of nitrogens with one attached hydrogen (secondary N) is 1. The number of carbonyl (C=O) groups excluding carboxylic acids is 1. The number of halogens is 1. The SMILES string of the molecule is Cc1ccc(-n2nnnc2SCC(=O)Nc2ccc(C)cc2Br)c(C)c1. The highest BCUT2D eigenvalue weighted by molar-refractivity contribution is 9.10. The van der Waals surface area contributed by atoms with Gasteiger partial charge >= 0.3 is 0 Å². The van der Waals surface area contributed by atoms with Gasteiger partial charge in [0.2, 0.25) is 11.1 Å². The maximum absolute atomic E-state index is 12.3. The Morgan fingerprint density at radius 1 is 1.15 bits per heavy atom. The van der Waals surface area contributed by atoms with E-state index in [-0.39, 0.29) is 11.7 Å². The van der Waals surface area contributed by atoms with Gasteiger partial charge in [0.25, 0.3) is 0 Å². The molecule has 1 N–H and O–H groups in total. The van der Waals surface area contributed by atoms with Gasteiger partial charge in [0.1, 0.15) is 0 Å². The van der Waals surface area contributed by atoms with Crippen molar-refractivity contribution in [3.8, 4) is 5.69 Å². The molecule has 3 rings (SSSR count). The Kier molecular flexibility index (Phi) is 5.73. The summed E-state index contributed by atoms with van der Waals surface area (Å²) >= 11 is 4.76. The summed E-state index contributed by atoms with van der Waals surface area (Å²) in [6.07, 6.45) is 0. The molecule has 0 atom stereocenters. The monoisotopic (exact) mass is 431 g/mol. The van der Waals surface area contributed by atoms with Crippen LogP contribution in [0, 0.1) is 20.8 Å². The number of hydrogen-bond donors (Lipinski definition) is 1. The van der Waals surface area contributed by atoms with Crippen molar-refractivity contribution in [3.05, 3.63) is 57.6 Å². The van der Waals surface area contributed by atoms with Crippen LogP contribution in [0.15, 0.2) is 46.0 Å².